The first kappa shape index (κ1) is 18.9. The number of benzene rings is 3. The minimum Gasteiger partial charge on any atom is -0.497 e. The fourth-order valence-corrected chi connectivity index (χ4v) is 4.52. The normalized spacial score (nSPS) is 11.2. The van der Waals surface area contributed by atoms with Gasteiger partial charge in [0.25, 0.3) is 10.0 Å². The van der Waals surface area contributed by atoms with Gasteiger partial charge in [0.1, 0.15) is 11.6 Å². The van der Waals surface area contributed by atoms with Crippen LogP contribution in [0.5, 0.6) is 5.75 Å². The number of sulfonamides is 1. The zero-order chi connectivity index (χ0) is 19.4. The number of anilines is 1. The molecule has 0 bridgehead atoms. The summed E-state index contributed by atoms with van der Waals surface area (Å²) in [6.07, 6.45) is 0. The Hall–Kier alpha value is -2.86. The summed E-state index contributed by atoms with van der Waals surface area (Å²) in [5.74, 6) is 0.128. The number of aryl methyl sites for hydroxylation is 1. The van der Waals surface area contributed by atoms with Gasteiger partial charge in [-0.3, -0.25) is 4.31 Å². The summed E-state index contributed by atoms with van der Waals surface area (Å²) in [7, 11) is -2.35. The van der Waals surface area contributed by atoms with Crippen molar-refractivity contribution >= 4 is 15.7 Å². The maximum Gasteiger partial charge on any atom is 0.264 e. The number of rotatable bonds is 6. The second kappa shape index (κ2) is 7.80. The van der Waals surface area contributed by atoms with E-state index in [-0.39, 0.29) is 11.4 Å². The molecule has 3 aromatic rings. The molecular weight excluding hydrogens is 365 g/mol. The highest BCUT2D eigenvalue weighted by atomic mass is 32.2. The molecular formula is C21H20FNO3S. The van der Waals surface area contributed by atoms with Gasteiger partial charge in [0.2, 0.25) is 0 Å². The second-order valence-corrected chi connectivity index (χ2v) is 7.94. The number of hydrogen-bond donors (Lipinski definition) is 0. The molecule has 0 spiro atoms. The van der Waals surface area contributed by atoms with Crippen LogP contribution in [0.15, 0.2) is 77.7 Å². The quantitative estimate of drug-likeness (QED) is 0.626. The van der Waals surface area contributed by atoms with Gasteiger partial charge in [0, 0.05) is 6.07 Å². The Morgan fingerprint density at radius 1 is 0.963 bits per heavy atom. The van der Waals surface area contributed by atoms with Crippen LogP contribution in [0, 0.1) is 12.7 Å². The molecule has 0 saturated carbocycles. The standard InChI is InChI=1S/C21H20FNO3S/c1-16-7-3-4-12-21(16)27(24,25)23(15-17-8-5-9-18(22)13-17)19-10-6-11-20(14-19)26-2/h3-14H,15H2,1-2H3. The molecule has 6 heteroatoms. The van der Waals surface area contributed by atoms with E-state index in [1.807, 2.05) is 0 Å². The lowest BCUT2D eigenvalue weighted by Gasteiger charge is -2.26. The Labute approximate surface area is 158 Å². The monoisotopic (exact) mass is 385 g/mol. The van der Waals surface area contributed by atoms with E-state index in [1.165, 1.54) is 23.5 Å². The molecule has 0 radical (unpaired) electrons. The molecule has 0 amide bonds. The first-order chi connectivity index (χ1) is 12.9. The van der Waals surface area contributed by atoms with Gasteiger partial charge in [-0.25, -0.2) is 12.8 Å². The van der Waals surface area contributed by atoms with Crippen molar-refractivity contribution in [1.29, 1.82) is 0 Å². The fraction of sp³-hybridized carbons (Fsp3) is 0.143. The van der Waals surface area contributed by atoms with E-state index in [4.69, 9.17) is 4.74 Å². The zero-order valence-electron chi connectivity index (χ0n) is 15.1. The van der Waals surface area contributed by atoms with Crippen molar-refractivity contribution in [3.05, 3.63) is 89.7 Å². The lowest BCUT2D eigenvalue weighted by molar-refractivity contribution is 0.415. The summed E-state index contributed by atoms with van der Waals surface area (Å²) in [6.45, 7) is 1.75. The molecule has 0 unspecified atom stereocenters. The molecule has 0 N–H and O–H groups in total. The largest absolute Gasteiger partial charge is 0.497 e. The third kappa shape index (κ3) is 4.11. The van der Waals surface area contributed by atoms with Gasteiger partial charge in [0.05, 0.1) is 24.2 Å². The smallest absolute Gasteiger partial charge is 0.264 e. The van der Waals surface area contributed by atoms with E-state index >= 15 is 0 Å². The van der Waals surface area contributed by atoms with E-state index in [0.717, 1.165) is 0 Å². The SMILES string of the molecule is COc1cccc(N(Cc2cccc(F)c2)S(=O)(=O)c2ccccc2C)c1. The summed E-state index contributed by atoms with van der Waals surface area (Å²) in [6, 6.07) is 19.5. The first-order valence-electron chi connectivity index (χ1n) is 8.38. The molecule has 4 nitrogen and oxygen atoms in total. The number of ether oxygens (including phenoxy) is 1. The Morgan fingerprint density at radius 3 is 2.41 bits per heavy atom. The third-order valence-corrected chi connectivity index (χ3v) is 6.15. The molecule has 3 rings (SSSR count). The number of halogens is 1. The topological polar surface area (TPSA) is 46.6 Å². The second-order valence-electron chi connectivity index (χ2n) is 6.11. The summed E-state index contributed by atoms with van der Waals surface area (Å²) >= 11 is 0. The Balaban J connectivity index is 2.13. The lowest BCUT2D eigenvalue weighted by atomic mass is 10.2. The predicted octanol–water partition coefficient (Wildman–Crippen LogP) is 4.54. The van der Waals surface area contributed by atoms with Gasteiger partial charge in [-0.05, 0) is 48.4 Å². The molecule has 0 fully saturated rings. The summed E-state index contributed by atoms with van der Waals surface area (Å²) in [5, 5.41) is 0. The molecule has 0 aliphatic heterocycles. The first-order valence-corrected chi connectivity index (χ1v) is 9.82. The average molecular weight is 385 g/mol. The van der Waals surface area contributed by atoms with Crippen LogP contribution in [0.2, 0.25) is 0 Å². The summed E-state index contributed by atoms with van der Waals surface area (Å²) < 4.78 is 47.0. The van der Waals surface area contributed by atoms with Crippen LogP contribution in [0.1, 0.15) is 11.1 Å². The molecule has 0 aliphatic carbocycles. The molecule has 0 saturated heterocycles. The van der Waals surface area contributed by atoms with E-state index in [1.54, 1.807) is 67.6 Å². The molecule has 0 aliphatic rings. The molecule has 0 aromatic heterocycles. The number of methoxy groups -OCH3 is 1. The highest BCUT2D eigenvalue weighted by Crippen LogP contribution is 2.30. The molecule has 0 heterocycles. The van der Waals surface area contributed by atoms with Gasteiger partial charge in [0.15, 0.2) is 0 Å². The third-order valence-electron chi connectivity index (χ3n) is 4.22. The molecule has 27 heavy (non-hydrogen) atoms. The van der Waals surface area contributed by atoms with Crippen molar-refractivity contribution in [1.82, 2.24) is 0 Å². The predicted molar refractivity (Wildman–Crippen MR) is 104 cm³/mol. The average Bonchev–Trinajstić information content (AvgIpc) is 2.66. The summed E-state index contributed by atoms with van der Waals surface area (Å²) in [5.41, 5.74) is 1.64. The molecule has 0 atom stereocenters. The van der Waals surface area contributed by atoms with Crippen LogP contribution >= 0.6 is 0 Å². The van der Waals surface area contributed by atoms with Crippen molar-refractivity contribution in [3.8, 4) is 5.75 Å². The van der Waals surface area contributed by atoms with Crippen molar-refractivity contribution in [2.24, 2.45) is 0 Å². The van der Waals surface area contributed by atoms with E-state index < -0.39 is 15.8 Å². The van der Waals surface area contributed by atoms with Crippen molar-refractivity contribution < 1.29 is 17.5 Å². The maximum atomic E-state index is 13.6. The van der Waals surface area contributed by atoms with Gasteiger partial charge >= 0.3 is 0 Å². The van der Waals surface area contributed by atoms with Crippen molar-refractivity contribution in [2.45, 2.75) is 18.4 Å². The highest BCUT2D eigenvalue weighted by Gasteiger charge is 2.27. The van der Waals surface area contributed by atoms with E-state index in [0.29, 0.717) is 22.6 Å². The van der Waals surface area contributed by atoms with Crippen LogP contribution in [0.25, 0.3) is 0 Å². The summed E-state index contributed by atoms with van der Waals surface area (Å²) in [4.78, 5) is 0.212. The van der Waals surface area contributed by atoms with Crippen LogP contribution in [0.4, 0.5) is 10.1 Å². The number of hydrogen-bond acceptors (Lipinski definition) is 3. The minimum atomic E-state index is -3.87. The van der Waals surface area contributed by atoms with Crippen molar-refractivity contribution in [3.63, 3.8) is 0 Å². The Bertz CT molecular complexity index is 1050. The van der Waals surface area contributed by atoms with Crippen LogP contribution < -0.4 is 9.04 Å². The van der Waals surface area contributed by atoms with E-state index in [2.05, 4.69) is 0 Å². The van der Waals surface area contributed by atoms with Crippen molar-refractivity contribution in [2.75, 3.05) is 11.4 Å². The minimum absolute atomic E-state index is 0.00158. The van der Waals surface area contributed by atoms with Crippen LogP contribution in [0.3, 0.4) is 0 Å². The van der Waals surface area contributed by atoms with E-state index in [9.17, 15) is 12.8 Å². The van der Waals surface area contributed by atoms with Gasteiger partial charge < -0.3 is 4.74 Å². The highest BCUT2D eigenvalue weighted by molar-refractivity contribution is 7.92. The van der Waals surface area contributed by atoms with Crippen LogP contribution in [-0.4, -0.2) is 15.5 Å². The van der Waals surface area contributed by atoms with Gasteiger partial charge in [-0.2, -0.15) is 0 Å². The zero-order valence-corrected chi connectivity index (χ0v) is 15.9. The Morgan fingerprint density at radius 2 is 1.70 bits per heavy atom. The molecule has 3 aromatic carbocycles. The number of nitrogens with zero attached hydrogens (tertiary/aromatic N) is 1. The Kier molecular flexibility index (Phi) is 5.46. The molecule has 140 valence electrons. The maximum absolute atomic E-state index is 13.6. The fourth-order valence-electron chi connectivity index (χ4n) is 2.85. The van der Waals surface area contributed by atoms with Gasteiger partial charge in [-0.1, -0.05) is 36.4 Å². The lowest BCUT2D eigenvalue weighted by Crippen LogP contribution is -2.31. The van der Waals surface area contributed by atoms with Gasteiger partial charge in [-0.15, -0.1) is 0 Å². The van der Waals surface area contributed by atoms with Crippen LogP contribution in [-0.2, 0) is 16.6 Å².